The van der Waals surface area contributed by atoms with Crippen molar-refractivity contribution in [2.45, 2.75) is 24.7 Å². The highest BCUT2D eigenvalue weighted by atomic mass is 16.5. The normalized spacial score (nSPS) is 14.5. The van der Waals surface area contributed by atoms with Crippen molar-refractivity contribution in [3.8, 4) is 11.5 Å². The lowest BCUT2D eigenvalue weighted by Crippen LogP contribution is -2.44. The quantitative estimate of drug-likeness (QED) is 0.467. The molecule has 4 rings (SSSR count). The van der Waals surface area contributed by atoms with Gasteiger partial charge in [0.05, 0.1) is 19.6 Å². The molecule has 0 spiro atoms. The summed E-state index contributed by atoms with van der Waals surface area (Å²) in [6.07, 6.45) is 1.92. The van der Waals surface area contributed by atoms with Gasteiger partial charge in [-0.25, -0.2) is 0 Å². The fraction of sp³-hybridized carbons (Fsp3) is 0.310. The second-order valence-corrected chi connectivity index (χ2v) is 8.79. The van der Waals surface area contributed by atoms with Crippen molar-refractivity contribution in [3.05, 3.63) is 89.5 Å². The third-order valence-electron chi connectivity index (χ3n) is 6.66. The van der Waals surface area contributed by atoms with E-state index in [1.807, 2.05) is 48.5 Å². The molecule has 0 radical (unpaired) electrons. The number of amides is 2. The van der Waals surface area contributed by atoms with Gasteiger partial charge < -0.3 is 24.8 Å². The fourth-order valence-electron chi connectivity index (χ4n) is 4.54. The number of anilines is 1. The molecule has 1 fully saturated rings. The van der Waals surface area contributed by atoms with Crippen LogP contribution in [0.2, 0.25) is 0 Å². The van der Waals surface area contributed by atoms with Crippen LogP contribution in [0.25, 0.3) is 0 Å². The first-order valence-corrected chi connectivity index (χ1v) is 12.1. The van der Waals surface area contributed by atoms with E-state index in [0.29, 0.717) is 61.8 Å². The average molecular weight is 489 g/mol. The highest BCUT2D eigenvalue weighted by Gasteiger charge is 2.41. The summed E-state index contributed by atoms with van der Waals surface area (Å²) in [7, 11) is 3.20. The van der Waals surface area contributed by atoms with Gasteiger partial charge in [-0.15, -0.1) is 0 Å². The Kier molecular flexibility index (Phi) is 8.23. The summed E-state index contributed by atoms with van der Waals surface area (Å²) in [4.78, 5) is 26.0. The molecule has 0 aliphatic carbocycles. The Morgan fingerprint density at radius 3 is 2.25 bits per heavy atom. The lowest BCUT2D eigenvalue weighted by atomic mass is 9.73. The van der Waals surface area contributed by atoms with Crippen LogP contribution in [-0.2, 0) is 21.4 Å². The summed E-state index contributed by atoms with van der Waals surface area (Å²) in [5.41, 5.74) is 2.59. The van der Waals surface area contributed by atoms with Crippen molar-refractivity contribution < 1.29 is 23.8 Å². The molecule has 1 aliphatic heterocycles. The highest BCUT2D eigenvalue weighted by Crippen LogP contribution is 2.36. The number of carbonyl (C=O) groups is 2. The number of rotatable bonds is 9. The maximum atomic E-state index is 13.4. The third kappa shape index (κ3) is 5.69. The molecular formula is C29H32N2O5. The maximum absolute atomic E-state index is 13.4. The van der Waals surface area contributed by atoms with Gasteiger partial charge in [0.25, 0.3) is 5.91 Å². The Morgan fingerprint density at radius 1 is 0.889 bits per heavy atom. The number of methoxy groups -OCH3 is 2. The number of benzene rings is 3. The number of hydrogen-bond acceptors (Lipinski definition) is 5. The summed E-state index contributed by atoms with van der Waals surface area (Å²) in [5.74, 6) is 1.11. The molecule has 188 valence electrons. The van der Waals surface area contributed by atoms with E-state index in [0.717, 1.165) is 11.1 Å². The zero-order chi connectivity index (χ0) is 25.4. The van der Waals surface area contributed by atoms with E-state index in [1.165, 1.54) is 0 Å². The molecule has 2 amide bonds. The molecule has 1 saturated heterocycles. The minimum absolute atomic E-state index is 0.0517. The van der Waals surface area contributed by atoms with Gasteiger partial charge in [-0.3, -0.25) is 9.59 Å². The van der Waals surface area contributed by atoms with Crippen molar-refractivity contribution in [2.75, 3.05) is 39.3 Å². The molecule has 0 bridgehead atoms. The Balaban J connectivity index is 1.35. The summed E-state index contributed by atoms with van der Waals surface area (Å²) in [6.45, 7) is 1.57. The van der Waals surface area contributed by atoms with Crippen molar-refractivity contribution in [1.29, 1.82) is 0 Å². The first kappa shape index (κ1) is 25.3. The van der Waals surface area contributed by atoms with Gasteiger partial charge in [0.1, 0.15) is 0 Å². The van der Waals surface area contributed by atoms with E-state index >= 15 is 0 Å². The van der Waals surface area contributed by atoms with Crippen molar-refractivity contribution in [2.24, 2.45) is 0 Å². The zero-order valence-corrected chi connectivity index (χ0v) is 20.7. The standard InChI is InChI=1S/C29H32N2O5/c1-34-25-13-8-21(20-26(25)35-2)14-17-30-27(32)22-9-11-24(12-10-22)31-28(33)29(15-18-36-19-16-29)23-6-4-3-5-7-23/h3-13,20H,14-19H2,1-2H3,(H,30,32)(H,31,33). The molecule has 1 heterocycles. The summed E-state index contributed by atoms with van der Waals surface area (Å²) in [5, 5.41) is 5.99. The molecule has 7 nitrogen and oxygen atoms in total. The minimum atomic E-state index is -0.625. The van der Waals surface area contributed by atoms with E-state index in [-0.39, 0.29) is 11.8 Å². The Labute approximate surface area is 211 Å². The second-order valence-electron chi connectivity index (χ2n) is 8.79. The van der Waals surface area contributed by atoms with Crippen molar-refractivity contribution in [1.82, 2.24) is 5.32 Å². The van der Waals surface area contributed by atoms with E-state index < -0.39 is 5.41 Å². The van der Waals surface area contributed by atoms with Crippen LogP contribution in [-0.4, -0.2) is 45.8 Å². The molecule has 7 heteroatoms. The maximum Gasteiger partial charge on any atom is 0.251 e. The smallest absolute Gasteiger partial charge is 0.251 e. The lowest BCUT2D eigenvalue weighted by Gasteiger charge is -2.36. The first-order valence-electron chi connectivity index (χ1n) is 12.1. The summed E-state index contributed by atoms with van der Waals surface area (Å²) in [6, 6.07) is 22.5. The van der Waals surface area contributed by atoms with E-state index in [9.17, 15) is 9.59 Å². The van der Waals surface area contributed by atoms with Gasteiger partial charge in [-0.2, -0.15) is 0 Å². The van der Waals surface area contributed by atoms with Crippen LogP contribution in [0.4, 0.5) is 5.69 Å². The van der Waals surface area contributed by atoms with Crippen LogP contribution in [0, 0.1) is 0 Å². The van der Waals surface area contributed by atoms with E-state index in [4.69, 9.17) is 14.2 Å². The molecule has 0 unspecified atom stereocenters. The van der Waals surface area contributed by atoms with Crippen LogP contribution in [0.5, 0.6) is 11.5 Å². The summed E-state index contributed by atoms with van der Waals surface area (Å²) >= 11 is 0. The molecule has 0 atom stereocenters. The summed E-state index contributed by atoms with van der Waals surface area (Å²) < 4.78 is 16.1. The fourth-order valence-corrected chi connectivity index (χ4v) is 4.54. The first-order chi connectivity index (χ1) is 17.6. The monoisotopic (exact) mass is 488 g/mol. The second kappa shape index (κ2) is 11.7. The molecular weight excluding hydrogens is 456 g/mol. The topological polar surface area (TPSA) is 85.9 Å². The van der Waals surface area contributed by atoms with Gasteiger partial charge in [-0.1, -0.05) is 36.4 Å². The van der Waals surface area contributed by atoms with Crippen LogP contribution in [0.3, 0.4) is 0 Å². The van der Waals surface area contributed by atoms with Gasteiger partial charge >= 0.3 is 0 Å². The highest BCUT2D eigenvalue weighted by molar-refractivity contribution is 6.00. The average Bonchev–Trinajstić information content (AvgIpc) is 2.94. The number of carbonyl (C=O) groups excluding carboxylic acids is 2. The number of hydrogen-bond donors (Lipinski definition) is 2. The number of ether oxygens (including phenoxy) is 3. The SMILES string of the molecule is COc1ccc(CCNC(=O)c2ccc(NC(=O)C3(c4ccccc4)CCOCC3)cc2)cc1OC. The Bertz CT molecular complexity index is 1170. The predicted molar refractivity (Wildman–Crippen MR) is 139 cm³/mol. The van der Waals surface area contributed by atoms with Gasteiger partial charge in [0.2, 0.25) is 5.91 Å². The van der Waals surface area contributed by atoms with Crippen LogP contribution >= 0.6 is 0 Å². The van der Waals surface area contributed by atoms with Crippen molar-refractivity contribution >= 4 is 17.5 Å². The molecule has 2 N–H and O–H groups in total. The molecule has 0 saturated carbocycles. The van der Waals surface area contributed by atoms with E-state index in [2.05, 4.69) is 10.6 Å². The van der Waals surface area contributed by atoms with Crippen LogP contribution in [0.1, 0.15) is 34.3 Å². The molecule has 0 aromatic heterocycles. The third-order valence-corrected chi connectivity index (χ3v) is 6.66. The van der Waals surface area contributed by atoms with E-state index in [1.54, 1.807) is 38.5 Å². The van der Waals surface area contributed by atoms with Gasteiger partial charge in [-0.05, 0) is 66.8 Å². The Morgan fingerprint density at radius 2 is 1.58 bits per heavy atom. The van der Waals surface area contributed by atoms with Gasteiger partial charge in [0, 0.05) is 31.0 Å². The van der Waals surface area contributed by atoms with Crippen LogP contribution < -0.4 is 20.1 Å². The molecule has 1 aliphatic rings. The van der Waals surface area contributed by atoms with Gasteiger partial charge in [0.15, 0.2) is 11.5 Å². The molecule has 36 heavy (non-hydrogen) atoms. The Hall–Kier alpha value is -3.84. The molecule has 3 aromatic carbocycles. The molecule has 3 aromatic rings. The van der Waals surface area contributed by atoms with Crippen molar-refractivity contribution in [3.63, 3.8) is 0 Å². The minimum Gasteiger partial charge on any atom is -0.493 e. The van der Waals surface area contributed by atoms with Crippen LogP contribution in [0.15, 0.2) is 72.8 Å². The lowest BCUT2D eigenvalue weighted by molar-refractivity contribution is -0.125. The zero-order valence-electron chi connectivity index (χ0n) is 20.7. The largest absolute Gasteiger partial charge is 0.493 e. The number of nitrogens with one attached hydrogen (secondary N) is 2. The predicted octanol–water partition coefficient (Wildman–Crippen LogP) is 4.36.